The summed E-state index contributed by atoms with van der Waals surface area (Å²) in [4.78, 5) is 8.80. The van der Waals surface area contributed by atoms with E-state index in [9.17, 15) is 0 Å². The van der Waals surface area contributed by atoms with Crippen LogP contribution in [0, 0.1) is 6.92 Å². The smallest absolute Gasteiger partial charge is 0.125 e. The Balaban J connectivity index is 0.000000639. The third kappa shape index (κ3) is 6.26. The molecule has 1 heterocycles. The number of allylic oxidation sites excluding steroid dienone is 2. The Hall–Kier alpha value is -1.88. The van der Waals surface area contributed by atoms with Gasteiger partial charge in [0.2, 0.25) is 0 Å². The zero-order valence-electron chi connectivity index (χ0n) is 14.4. The van der Waals surface area contributed by atoms with Crippen LogP contribution >= 0.6 is 0 Å². The van der Waals surface area contributed by atoms with Gasteiger partial charge in [-0.1, -0.05) is 40.2 Å². The summed E-state index contributed by atoms with van der Waals surface area (Å²) in [6, 6.07) is 0. The molecule has 0 unspecified atom stereocenters. The van der Waals surface area contributed by atoms with E-state index in [1.54, 1.807) is 0 Å². The van der Waals surface area contributed by atoms with E-state index >= 15 is 0 Å². The molecule has 0 amide bonds. The zero-order valence-corrected chi connectivity index (χ0v) is 14.4. The van der Waals surface area contributed by atoms with E-state index in [0.717, 1.165) is 42.9 Å². The molecule has 1 aromatic heterocycles. The van der Waals surface area contributed by atoms with Crippen LogP contribution in [0.4, 0.5) is 0 Å². The third-order valence-corrected chi connectivity index (χ3v) is 2.95. The van der Waals surface area contributed by atoms with Gasteiger partial charge in [0, 0.05) is 11.9 Å². The van der Waals surface area contributed by atoms with Gasteiger partial charge in [0.25, 0.3) is 0 Å². The van der Waals surface area contributed by atoms with E-state index in [1.165, 1.54) is 23.8 Å². The summed E-state index contributed by atoms with van der Waals surface area (Å²) < 4.78 is 0. The van der Waals surface area contributed by atoms with Gasteiger partial charge in [-0.05, 0) is 43.5 Å². The van der Waals surface area contributed by atoms with Crippen LogP contribution in [0.2, 0.25) is 0 Å². The highest BCUT2D eigenvalue weighted by Crippen LogP contribution is 2.31. The van der Waals surface area contributed by atoms with E-state index in [2.05, 4.69) is 48.5 Å². The predicted octanol–water partition coefficient (Wildman–Crippen LogP) is 3.21. The fourth-order valence-corrected chi connectivity index (χ4v) is 2.17. The zero-order chi connectivity index (χ0) is 17.0. The predicted molar refractivity (Wildman–Crippen MR) is 94.6 cm³/mol. The highest BCUT2D eigenvalue weighted by atomic mass is 15.2. The number of rotatable bonds is 3. The maximum Gasteiger partial charge on any atom is 0.125 e. The Morgan fingerprint density at radius 2 is 1.91 bits per heavy atom. The number of nitrogens with two attached hydrogens (primary N) is 2. The maximum absolute atomic E-state index is 5.57. The van der Waals surface area contributed by atoms with Gasteiger partial charge in [-0.3, -0.25) is 5.84 Å². The monoisotopic (exact) mass is 305 g/mol. The topological polar surface area (TPSA) is 89.8 Å². The Kier molecular flexibility index (Phi) is 10.7. The van der Waals surface area contributed by atoms with Crippen molar-refractivity contribution < 1.29 is 0 Å². The molecule has 0 bridgehead atoms. The quantitative estimate of drug-likeness (QED) is 0.589. The molecular weight excluding hydrogens is 274 g/mol. The van der Waals surface area contributed by atoms with E-state index < -0.39 is 0 Å². The number of fused-ring (bicyclic) bond motifs is 1. The molecule has 1 aliphatic carbocycles. The van der Waals surface area contributed by atoms with Crippen molar-refractivity contribution in [2.24, 2.45) is 11.6 Å². The number of nitrogens with zero attached hydrogens (tertiary/aromatic N) is 2. The number of hydrogen-bond acceptors (Lipinski definition) is 5. The lowest BCUT2D eigenvalue weighted by molar-refractivity contribution is 0.748. The van der Waals surface area contributed by atoms with Crippen molar-refractivity contribution >= 4 is 5.57 Å². The Labute approximate surface area is 134 Å². The summed E-state index contributed by atoms with van der Waals surface area (Å²) in [5.41, 5.74) is 12.2. The van der Waals surface area contributed by atoms with Crippen molar-refractivity contribution in [1.82, 2.24) is 15.4 Å². The fourth-order valence-electron chi connectivity index (χ4n) is 2.17. The lowest BCUT2D eigenvalue weighted by Crippen LogP contribution is -2.25. The SMILES string of the molecule is C=CN.CCC.CCCC1=C(NN)CCc2cnc(C)nc21. The second-order valence-electron chi connectivity index (χ2n) is 5.09. The van der Waals surface area contributed by atoms with Gasteiger partial charge < -0.3 is 11.2 Å². The van der Waals surface area contributed by atoms with Gasteiger partial charge in [-0.15, -0.1) is 0 Å². The van der Waals surface area contributed by atoms with Gasteiger partial charge in [-0.2, -0.15) is 0 Å². The standard InChI is InChI=1S/C12H18N4.C3H8.C2H5N/c1-3-4-10-11(16-13)6-5-9-7-14-8(2)15-12(9)10;1-3-2;1-2-3/h7,16H,3-6,13H2,1-2H3;3H2,1-2H3;2H,1,3H2. The van der Waals surface area contributed by atoms with Crippen molar-refractivity contribution in [3.8, 4) is 0 Å². The number of aryl methyl sites for hydroxylation is 2. The first-order valence-corrected chi connectivity index (χ1v) is 7.93. The normalized spacial score (nSPS) is 12.2. The minimum atomic E-state index is 0.825. The van der Waals surface area contributed by atoms with E-state index in [0.29, 0.717) is 0 Å². The van der Waals surface area contributed by atoms with Gasteiger partial charge in [-0.25, -0.2) is 9.97 Å². The maximum atomic E-state index is 5.57. The molecule has 0 spiro atoms. The Morgan fingerprint density at radius 3 is 2.41 bits per heavy atom. The Bertz CT molecular complexity index is 480. The van der Waals surface area contributed by atoms with Crippen molar-refractivity contribution in [3.63, 3.8) is 0 Å². The molecule has 5 nitrogen and oxygen atoms in total. The number of hydrazine groups is 1. The molecule has 5 heteroatoms. The molecule has 5 N–H and O–H groups in total. The first-order chi connectivity index (χ1) is 10.6. The summed E-state index contributed by atoms with van der Waals surface area (Å²) in [6.07, 6.45) is 8.50. The summed E-state index contributed by atoms with van der Waals surface area (Å²) >= 11 is 0. The summed E-state index contributed by atoms with van der Waals surface area (Å²) in [5, 5.41) is 0. The lowest BCUT2D eigenvalue weighted by Gasteiger charge is -2.22. The minimum absolute atomic E-state index is 0.825. The average molecular weight is 305 g/mol. The molecule has 0 radical (unpaired) electrons. The largest absolute Gasteiger partial charge is 0.405 e. The molecule has 0 aliphatic heterocycles. The van der Waals surface area contributed by atoms with Crippen molar-refractivity contribution in [3.05, 3.63) is 41.8 Å². The molecule has 0 aromatic carbocycles. The number of aromatic nitrogens is 2. The molecule has 22 heavy (non-hydrogen) atoms. The summed E-state index contributed by atoms with van der Waals surface area (Å²) in [6.45, 7) is 11.5. The molecule has 0 fully saturated rings. The van der Waals surface area contributed by atoms with Crippen LogP contribution in [0.1, 0.15) is 63.5 Å². The van der Waals surface area contributed by atoms with E-state index in [4.69, 9.17) is 5.84 Å². The highest BCUT2D eigenvalue weighted by Gasteiger charge is 2.19. The van der Waals surface area contributed by atoms with Crippen LogP contribution in [-0.4, -0.2) is 9.97 Å². The van der Waals surface area contributed by atoms with Crippen LogP contribution < -0.4 is 17.0 Å². The minimum Gasteiger partial charge on any atom is -0.405 e. The van der Waals surface area contributed by atoms with Crippen molar-refractivity contribution in [1.29, 1.82) is 0 Å². The van der Waals surface area contributed by atoms with Crippen LogP contribution in [0.5, 0.6) is 0 Å². The van der Waals surface area contributed by atoms with Gasteiger partial charge >= 0.3 is 0 Å². The molecule has 1 aliphatic rings. The van der Waals surface area contributed by atoms with Gasteiger partial charge in [0.1, 0.15) is 5.82 Å². The molecular formula is C17H31N5. The second-order valence-corrected chi connectivity index (χ2v) is 5.09. The third-order valence-electron chi connectivity index (χ3n) is 2.95. The summed E-state index contributed by atoms with van der Waals surface area (Å²) in [5.74, 6) is 6.39. The summed E-state index contributed by atoms with van der Waals surface area (Å²) in [7, 11) is 0. The van der Waals surface area contributed by atoms with Crippen molar-refractivity contribution in [2.45, 2.75) is 59.8 Å². The van der Waals surface area contributed by atoms with Crippen LogP contribution in [0.3, 0.4) is 0 Å². The molecule has 1 aromatic rings. The fraction of sp³-hybridized carbons (Fsp3) is 0.529. The second kappa shape index (κ2) is 11.7. The molecule has 2 rings (SSSR count). The van der Waals surface area contributed by atoms with Crippen LogP contribution in [0.15, 0.2) is 24.7 Å². The first-order valence-electron chi connectivity index (χ1n) is 7.93. The average Bonchev–Trinajstić information content (AvgIpc) is 2.49. The molecule has 124 valence electrons. The van der Waals surface area contributed by atoms with E-state index in [-0.39, 0.29) is 0 Å². The van der Waals surface area contributed by atoms with E-state index in [1.807, 2.05) is 13.1 Å². The number of nitrogens with one attached hydrogen (secondary N) is 1. The highest BCUT2D eigenvalue weighted by molar-refractivity contribution is 5.69. The van der Waals surface area contributed by atoms with Crippen LogP contribution in [0.25, 0.3) is 5.57 Å². The van der Waals surface area contributed by atoms with Crippen molar-refractivity contribution in [2.75, 3.05) is 0 Å². The van der Waals surface area contributed by atoms with Gasteiger partial charge in [0.05, 0.1) is 5.69 Å². The van der Waals surface area contributed by atoms with Crippen LogP contribution in [-0.2, 0) is 6.42 Å². The number of hydrogen-bond donors (Lipinski definition) is 3. The molecule has 0 atom stereocenters. The van der Waals surface area contributed by atoms with Gasteiger partial charge in [0.15, 0.2) is 0 Å². The molecule has 0 saturated heterocycles. The first kappa shape index (κ1) is 20.1. The lowest BCUT2D eigenvalue weighted by atomic mass is 9.91. The molecule has 0 saturated carbocycles. The Morgan fingerprint density at radius 1 is 1.32 bits per heavy atom.